The van der Waals surface area contributed by atoms with E-state index in [4.69, 9.17) is 5.11 Å². The Balaban J connectivity index is 2.83. The van der Waals surface area contributed by atoms with E-state index in [0.717, 1.165) is 18.3 Å². The molecule has 86 valence electrons. The highest BCUT2D eigenvalue weighted by molar-refractivity contribution is 5.70. The quantitative estimate of drug-likeness (QED) is 0.869. The molecule has 0 aliphatic heterocycles. The number of nitrogens with zero attached hydrogens (tertiary/aromatic N) is 1. The maximum absolute atomic E-state index is 12.3. The number of pyridine rings is 1. The van der Waals surface area contributed by atoms with Crippen LogP contribution in [0.5, 0.6) is 0 Å². The van der Waals surface area contributed by atoms with Gasteiger partial charge in [0.1, 0.15) is 0 Å². The number of aliphatic carboxylic acids is 1. The lowest BCUT2D eigenvalue weighted by Gasteiger charge is -2.05. The van der Waals surface area contributed by atoms with Crippen LogP contribution < -0.4 is 0 Å². The third kappa shape index (κ3) is 3.72. The molecule has 0 aliphatic carbocycles. The van der Waals surface area contributed by atoms with E-state index < -0.39 is 17.7 Å². The largest absolute Gasteiger partial charge is 0.481 e. The van der Waals surface area contributed by atoms with Crippen molar-refractivity contribution in [3.63, 3.8) is 0 Å². The molecular weight excluding hydrogens is 223 g/mol. The standard InChI is InChI=1S/C10H8F3NO2/c11-10(12,13)7-4-5-14-8(6-7)2-1-3-9(15)16/h1-2,4-6H,3H2,(H,15,16). The number of rotatable bonds is 3. The average molecular weight is 231 g/mol. The lowest BCUT2D eigenvalue weighted by Crippen LogP contribution is -2.05. The van der Waals surface area contributed by atoms with Crippen LogP contribution in [0.25, 0.3) is 6.08 Å². The molecule has 1 N–H and O–H groups in total. The molecule has 6 heteroatoms. The van der Waals surface area contributed by atoms with E-state index in [1.54, 1.807) is 0 Å². The summed E-state index contributed by atoms with van der Waals surface area (Å²) in [7, 11) is 0. The topological polar surface area (TPSA) is 50.2 Å². The number of hydrogen-bond acceptors (Lipinski definition) is 2. The van der Waals surface area contributed by atoms with E-state index in [1.165, 1.54) is 12.2 Å². The van der Waals surface area contributed by atoms with Gasteiger partial charge in [0.25, 0.3) is 0 Å². The van der Waals surface area contributed by atoms with Gasteiger partial charge in [0, 0.05) is 6.20 Å². The Bertz CT molecular complexity index is 413. The number of alkyl halides is 3. The minimum Gasteiger partial charge on any atom is -0.481 e. The van der Waals surface area contributed by atoms with Gasteiger partial charge in [-0.3, -0.25) is 9.78 Å². The van der Waals surface area contributed by atoms with Crippen LogP contribution in [-0.2, 0) is 11.0 Å². The summed E-state index contributed by atoms with van der Waals surface area (Å²) in [4.78, 5) is 13.8. The number of hydrogen-bond donors (Lipinski definition) is 1. The molecule has 0 saturated heterocycles. The second-order valence-corrected chi connectivity index (χ2v) is 2.97. The molecule has 3 nitrogen and oxygen atoms in total. The highest BCUT2D eigenvalue weighted by Gasteiger charge is 2.30. The van der Waals surface area contributed by atoms with Gasteiger partial charge in [-0.15, -0.1) is 0 Å². The highest BCUT2D eigenvalue weighted by atomic mass is 19.4. The highest BCUT2D eigenvalue weighted by Crippen LogP contribution is 2.29. The minimum atomic E-state index is -4.42. The van der Waals surface area contributed by atoms with Crippen LogP contribution in [0.3, 0.4) is 0 Å². The predicted molar refractivity (Wildman–Crippen MR) is 50.5 cm³/mol. The molecule has 0 radical (unpaired) electrons. The molecule has 0 fully saturated rings. The van der Waals surface area contributed by atoms with E-state index in [9.17, 15) is 18.0 Å². The first-order chi connectivity index (χ1) is 7.39. The lowest BCUT2D eigenvalue weighted by molar-refractivity contribution is -0.138. The van der Waals surface area contributed by atoms with Gasteiger partial charge in [-0.2, -0.15) is 13.2 Å². The van der Waals surface area contributed by atoms with Gasteiger partial charge in [0.05, 0.1) is 17.7 Å². The average Bonchev–Trinajstić information content (AvgIpc) is 2.16. The number of carboxylic acid groups (broad SMARTS) is 1. The normalized spacial score (nSPS) is 11.9. The minimum absolute atomic E-state index is 0.0797. The number of carbonyl (C=O) groups is 1. The van der Waals surface area contributed by atoms with Crippen LogP contribution in [0.15, 0.2) is 24.4 Å². The molecule has 16 heavy (non-hydrogen) atoms. The first-order valence-electron chi connectivity index (χ1n) is 4.31. The van der Waals surface area contributed by atoms with Crippen molar-refractivity contribution in [3.8, 4) is 0 Å². The van der Waals surface area contributed by atoms with E-state index in [-0.39, 0.29) is 12.1 Å². The van der Waals surface area contributed by atoms with Crippen molar-refractivity contribution in [2.75, 3.05) is 0 Å². The van der Waals surface area contributed by atoms with Crippen molar-refractivity contribution in [2.24, 2.45) is 0 Å². The van der Waals surface area contributed by atoms with Crippen molar-refractivity contribution in [2.45, 2.75) is 12.6 Å². The van der Waals surface area contributed by atoms with Gasteiger partial charge < -0.3 is 5.11 Å². The zero-order valence-corrected chi connectivity index (χ0v) is 8.03. The maximum atomic E-state index is 12.3. The molecule has 0 bridgehead atoms. The van der Waals surface area contributed by atoms with Crippen molar-refractivity contribution in [1.29, 1.82) is 0 Å². The van der Waals surface area contributed by atoms with Gasteiger partial charge in [0.15, 0.2) is 0 Å². The Morgan fingerprint density at radius 3 is 2.75 bits per heavy atom. The zero-order chi connectivity index (χ0) is 12.2. The maximum Gasteiger partial charge on any atom is 0.416 e. The zero-order valence-electron chi connectivity index (χ0n) is 8.03. The van der Waals surface area contributed by atoms with E-state index in [2.05, 4.69) is 4.98 Å². The van der Waals surface area contributed by atoms with E-state index >= 15 is 0 Å². The summed E-state index contributed by atoms with van der Waals surface area (Å²) < 4.78 is 36.8. The summed E-state index contributed by atoms with van der Waals surface area (Å²) in [5.74, 6) is -1.05. The number of aromatic nitrogens is 1. The fourth-order valence-electron chi connectivity index (χ4n) is 0.996. The summed E-state index contributed by atoms with van der Waals surface area (Å²) in [6.07, 6.45) is -1.16. The summed E-state index contributed by atoms with van der Waals surface area (Å²) in [6.45, 7) is 0. The van der Waals surface area contributed by atoms with Crippen LogP contribution in [0.4, 0.5) is 13.2 Å². The van der Waals surface area contributed by atoms with Gasteiger partial charge in [-0.05, 0) is 18.2 Å². The van der Waals surface area contributed by atoms with Crippen LogP contribution in [0.2, 0.25) is 0 Å². The fourth-order valence-corrected chi connectivity index (χ4v) is 0.996. The number of halogens is 3. The molecule has 1 rings (SSSR count). The van der Waals surface area contributed by atoms with Gasteiger partial charge in [-0.25, -0.2) is 0 Å². The van der Waals surface area contributed by atoms with Crippen molar-refractivity contribution in [3.05, 3.63) is 35.7 Å². The Morgan fingerprint density at radius 2 is 2.19 bits per heavy atom. The SMILES string of the molecule is O=C(O)CC=Cc1cc(C(F)(F)F)ccn1. The third-order valence-electron chi connectivity index (χ3n) is 1.69. The third-order valence-corrected chi connectivity index (χ3v) is 1.69. The summed E-state index contributed by atoms with van der Waals surface area (Å²) in [5, 5.41) is 8.32. The van der Waals surface area contributed by atoms with E-state index in [1.807, 2.05) is 0 Å². The summed E-state index contributed by atoms with van der Waals surface area (Å²) in [5.41, 5.74) is -0.728. The van der Waals surface area contributed by atoms with Crippen LogP contribution in [0.1, 0.15) is 17.7 Å². The predicted octanol–water partition coefficient (Wildman–Crippen LogP) is 2.59. The van der Waals surface area contributed by atoms with Crippen molar-refractivity contribution < 1.29 is 23.1 Å². The van der Waals surface area contributed by atoms with Crippen molar-refractivity contribution >= 4 is 12.0 Å². The Labute approximate surface area is 89.2 Å². The van der Waals surface area contributed by atoms with Crippen molar-refractivity contribution in [1.82, 2.24) is 4.98 Å². The molecule has 0 atom stereocenters. The summed E-state index contributed by atoms with van der Waals surface area (Å²) >= 11 is 0. The fraction of sp³-hybridized carbons (Fsp3) is 0.200. The molecule has 1 heterocycles. The molecule has 0 spiro atoms. The van der Waals surface area contributed by atoms with Crippen LogP contribution >= 0.6 is 0 Å². The monoisotopic (exact) mass is 231 g/mol. The smallest absolute Gasteiger partial charge is 0.416 e. The molecule has 0 saturated carbocycles. The van der Waals surface area contributed by atoms with Gasteiger partial charge >= 0.3 is 12.1 Å². The summed E-state index contributed by atoms with van der Waals surface area (Å²) in [6, 6.07) is 1.72. The second-order valence-electron chi connectivity index (χ2n) is 2.97. The Morgan fingerprint density at radius 1 is 1.50 bits per heavy atom. The molecule has 0 amide bonds. The molecular formula is C10H8F3NO2. The lowest BCUT2D eigenvalue weighted by atomic mass is 10.2. The molecule has 0 aliphatic rings. The molecule has 0 aromatic carbocycles. The first kappa shape index (κ1) is 12.2. The Hall–Kier alpha value is -1.85. The molecule has 0 unspecified atom stereocenters. The first-order valence-corrected chi connectivity index (χ1v) is 4.31. The van der Waals surface area contributed by atoms with Crippen LogP contribution in [0, 0.1) is 0 Å². The van der Waals surface area contributed by atoms with Crippen LogP contribution in [-0.4, -0.2) is 16.1 Å². The Kier molecular flexibility index (Phi) is 3.65. The second kappa shape index (κ2) is 4.78. The van der Waals surface area contributed by atoms with Gasteiger partial charge in [-0.1, -0.05) is 6.08 Å². The van der Waals surface area contributed by atoms with Gasteiger partial charge in [0.2, 0.25) is 0 Å². The van der Waals surface area contributed by atoms with E-state index in [0.29, 0.717) is 0 Å². The molecule has 1 aromatic heterocycles. The number of carboxylic acids is 1. The molecule has 1 aromatic rings.